The number of rotatable bonds is 7. The zero-order valence-electron chi connectivity index (χ0n) is 17.6. The SMILES string of the molecule is COc1ccc(OC2=C(Oc3ccc(OC)cc3)C(=O)c3cc([N+](=O)[O-])ccc3C2=O)cc1. The maximum Gasteiger partial charge on any atom is 0.270 e. The van der Waals surface area contributed by atoms with Gasteiger partial charge in [-0.3, -0.25) is 19.7 Å². The molecule has 0 fully saturated rings. The van der Waals surface area contributed by atoms with E-state index >= 15 is 0 Å². The molecular weight excluding hydrogens is 430 g/mol. The first-order valence-corrected chi connectivity index (χ1v) is 9.67. The van der Waals surface area contributed by atoms with Crippen LogP contribution in [0.5, 0.6) is 23.0 Å². The number of non-ortho nitro benzene ring substituents is 1. The van der Waals surface area contributed by atoms with Crippen LogP contribution in [-0.4, -0.2) is 30.7 Å². The lowest BCUT2D eigenvalue weighted by molar-refractivity contribution is -0.384. The molecule has 3 aromatic rings. The van der Waals surface area contributed by atoms with Crippen LogP contribution in [0, 0.1) is 10.1 Å². The lowest BCUT2D eigenvalue weighted by Crippen LogP contribution is -2.28. The Morgan fingerprint density at radius 2 is 1.06 bits per heavy atom. The topological polar surface area (TPSA) is 114 Å². The molecule has 0 aromatic heterocycles. The summed E-state index contributed by atoms with van der Waals surface area (Å²) in [4.78, 5) is 37.1. The number of fused-ring (bicyclic) bond motifs is 1. The molecule has 0 saturated carbocycles. The number of ketones is 2. The molecule has 166 valence electrons. The minimum absolute atomic E-state index is 0.0174. The summed E-state index contributed by atoms with van der Waals surface area (Å²) < 4.78 is 21.8. The predicted octanol–water partition coefficient (Wildman–Crippen LogP) is 4.36. The van der Waals surface area contributed by atoms with Crippen molar-refractivity contribution in [3.8, 4) is 23.0 Å². The molecular formula is C24H17NO8. The Balaban J connectivity index is 1.79. The Morgan fingerprint density at radius 1 is 0.636 bits per heavy atom. The highest BCUT2D eigenvalue weighted by atomic mass is 16.6. The summed E-state index contributed by atoms with van der Waals surface area (Å²) >= 11 is 0. The third kappa shape index (κ3) is 4.24. The number of carbonyl (C=O) groups excluding carboxylic acids is 2. The van der Waals surface area contributed by atoms with E-state index < -0.39 is 16.5 Å². The Kier molecular flexibility index (Phi) is 5.77. The molecule has 0 bridgehead atoms. The summed E-state index contributed by atoms with van der Waals surface area (Å²) in [5.74, 6) is -0.402. The molecule has 0 heterocycles. The Morgan fingerprint density at radius 3 is 1.48 bits per heavy atom. The lowest BCUT2D eigenvalue weighted by Gasteiger charge is -2.21. The van der Waals surface area contributed by atoms with Crippen LogP contribution in [0.15, 0.2) is 78.2 Å². The van der Waals surface area contributed by atoms with Crippen molar-refractivity contribution in [2.45, 2.75) is 0 Å². The summed E-state index contributed by atoms with van der Waals surface area (Å²) in [6.07, 6.45) is 0. The van der Waals surface area contributed by atoms with Gasteiger partial charge in [-0.2, -0.15) is 0 Å². The highest BCUT2D eigenvalue weighted by Gasteiger charge is 2.37. The van der Waals surface area contributed by atoms with Crippen LogP contribution in [0.1, 0.15) is 20.7 Å². The molecule has 1 aliphatic rings. The van der Waals surface area contributed by atoms with Crippen molar-refractivity contribution in [1.82, 2.24) is 0 Å². The molecule has 0 unspecified atom stereocenters. The fourth-order valence-corrected chi connectivity index (χ4v) is 3.19. The van der Waals surface area contributed by atoms with E-state index in [0.29, 0.717) is 11.5 Å². The number of nitro benzene ring substituents is 1. The van der Waals surface area contributed by atoms with Crippen molar-refractivity contribution in [1.29, 1.82) is 0 Å². The second-order valence-electron chi connectivity index (χ2n) is 6.86. The number of nitro groups is 1. The summed E-state index contributed by atoms with van der Waals surface area (Å²) in [5.41, 5.74) is -0.478. The Bertz CT molecular complexity index is 1280. The van der Waals surface area contributed by atoms with E-state index in [-0.39, 0.29) is 39.8 Å². The van der Waals surface area contributed by atoms with Gasteiger partial charge in [0.25, 0.3) is 5.69 Å². The molecule has 0 aliphatic heterocycles. The first kappa shape index (κ1) is 21.6. The van der Waals surface area contributed by atoms with Crippen molar-refractivity contribution in [2.24, 2.45) is 0 Å². The van der Waals surface area contributed by atoms with E-state index in [1.165, 1.54) is 20.3 Å². The van der Waals surface area contributed by atoms with Crippen molar-refractivity contribution in [3.05, 3.63) is 99.5 Å². The van der Waals surface area contributed by atoms with Crippen LogP contribution in [0.4, 0.5) is 5.69 Å². The molecule has 0 spiro atoms. The fourth-order valence-electron chi connectivity index (χ4n) is 3.19. The first-order chi connectivity index (χ1) is 15.9. The Hall–Kier alpha value is -4.66. The number of carbonyl (C=O) groups is 2. The fraction of sp³-hybridized carbons (Fsp3) is 0.0833. The molecule has 9 heteroatoms. The van der Waals surface area contributed by atoms with Gasteiger partial charge < -0.3 is 18.9 Å². The van der Waals surface area contributed by atoms with Crippen molar-refractivity contribution in [3.63, 3.8) is 0 Å². The van der Waals surface area contributed by atoms with Gasteiger partial charge in [-0.05, 0) is 54.6 Å². The van der Waals surface area contributed by atoms with Gasteiger partial charge in [0.1, 0.15) is 23.0 Å². The number of ether oxygens (including phenoxy) is 4. The maximum absolute atomic E-state index is 13.3. The number of hydrogen-bond donors (Lipinski definition) is 0. The number of benzene rings is 3. The smallest absolute Gasteiger partial charge is 0.270 e. The van der Waals surface area contributed by atoms with E-state index in [1.807, 2.05) is 0 Å². The van der Waals surface area contributed by atoms with Crippen molar-refractivity contribution >= 4 is 17.3 Å². The number of hydrogen-bond acceptors (Lipinski definition) is 8. The number of nitrogens with zero attached hydrogens (tertiary/aromatic N) is 1. The Labute approximate surface area is 187 Å². The minimum atomic E-state index is -0.715. The van der Waals surface area contributed by atoms with E-state index in [1.54, 1.807) is 48.5 Å². The zero-order valence-corrected chi connectivity index (χ0v) is 17.6. The quantitative estimate of drug-likeness (QED) is 0.388. The molecule has 0 saturated heterocycles. The molecule has 9 nitrogen and oxygen atoms in total. The zero-order chi connectivity index (χ0) is 23.5. The number of Topliss-reactive ketones (excluding diaryl/α,β-unsaturated/α-hetero) is 2. The van der Waals surface area contributed by atoms with Crippen LogP contribution >= 0.6 is 0 Å². The molecule has 33 heavy (non-hydrogen) atoms. The van der Waals surface area contributed by atoms with E-state index in [2.05, 4.69) is 0 Å². The molecule has 3 aromatic carbocycles. The van der Waals surface area contributed by atoms with E-state index in [4.69, 9.17) is 18.9 Å². The highest BCUT2D eigenvalue weighted by Crippen LogP contribution is 2.33. The van der Waals surface area contributed by atoms with Gasteiger partial charge >= 0.3 is 0 Å². The van der Waals surface area contributed by atoms with Crippen LogP contribution in [0.25, 0.3) is 0 Å². The van der Waals surface area contributed by atoms with Gasteiger partial charge in [0.05, 0.1) is 19.1 Å². The average Bonchev–Trinajstić information content (AvgIpc) is 2.85. The van der Waals surface area contributed by atoms with Crippen LogP contribution in [0.2, 0.25) is 0 Å². The van der Waals surface area contributed by atoms with Crippen LogP contribution < -0.4 is 18.9 Å². The largest absolute Gasteiger partial charge is 0.497 e. The standard InChI is InChI=1S/C24H17NO8/c1-30-15-4-8-17(9-5-15)32-23-21(26)19-12-3-14(25(28)29)13-20(19)22(27)24(23)33-18-10-6-16(31-2)7-11-18/h3-13H,1-2H3. The van der Waals surface area contributed by atoms with E-state index in [9.17, 15) is 19.7 Å². The van der Waals surface area contributed by atoms with Gasteiger partial charge in [-0.1, -0.05) is 0 Å². The second kappa shape index (κ2) is 8.83. The lowest BCUT2D eigenvalue weighted by atomic mass is 9.91. The molecule has 1 aliphatic carbocycles. The average molecular weight is 447 g/mol. The molecule has 0 radical (unpaired) electrons. The van der Waals surface area contributed by atoms with Crippen molar-refractivity contribution < 1.29 is 33.5 Å². The summed E-state index contributed by atoms with van der Waals surface area (Å²) in [6, 6.07) is 16.2. The monoisotopic (exact) mass is 447 g/mol. The maximum atomic E-state index is 13.3. The molecule has 0 amide bonds. The molecule has 0 N–H and O–H groups in total. The minimum Gasteiger partial charge on any atom is -0.497 e. The highest BCUT2D eigenvalue weighted by molar-refractivity contribution is 6.25. The van der Waals surface area contributed by atoms with Gasteiger partial charge in [-0.15, -0.1) is 0 Å². The summed E-state index contributed by atoms with van der Waals surface area (Å²) in [6.45, 7) is 0. The van der Waals surface area contributed by atoms with Gasteiger partial charge in [-0.25, -0.2) is 0 Å². The summed E-state index contributed by atoms with van der Waals surface area (Å²) in [7, 11) is 3.02. The predicted molar refractivity (Wildman–Crippen MR) is 116 cm³/mol. The number of methoxy groups -OCH3 is 2. The third-order valence-corrected chi connectivity index (χ3v) is 4.88. The number of allylic oxidation sites excluding steroid dienone is 2. The van der Waals surface area contributed by atoms with Crippen molar-refractivity contribution in [2.75, 3.05) is 14.2 Å². The van der Waals surface area contributed by atoms with E-state index in [0.717, 1.165) is 12.1 Å². The van der Waals surface area contributed by atoms with Gasteiger partial charge in [0.15, 0.2) is 0 Å². The molecule has 4 rings (SSSR count). The molecule has 0 atom stereocenters. The third-order valence-electron chi connectivity index (χ3n) is 4.88. The van der Waals surface area contributed by atoms with Gasteiger partial charge in [0.2, 0.25) is 23.1 Å². The summed E-state index contributed by atoms with van der Waals surface area (Å²) in [5, 5.41) is 11.2. The second-order valence-corrected chi connectivity index (χ2v) is 6.86. The van der Waals surface area contributed by atoms with Crippen LogP contribution in [0.3, 0.4) is 0 Å². The van der Waals surface area contributed by atoms with Crippen LogP contribution in [-0.2, 0) is 0 Å². The normalized spacial score (nSPS) is 12.8. The first-order valence-electron chi connectivity index (χ1n) is 9.67. The van der Waals surface area contributed by atoms with Gasteiger partial charge in [0, 0.05) is 23.3 Å².